The van der Waals surface area contributed by atoms with Gasteiger partial charge in [0, 0.05) is 45.0 Å². The number of hydrogen-bond donors (Lipinski definition) is 1. The predicted molar refractivity (Wildman–Crippen MR) is 137 cm³/mol. The molecular weight excluding hydrogens is 489 g/mol. The second kappa shape index (κ2) is 9.27. The predicted octanol–water partition coefficient (Wildman–Crippen LogP) is 5.67. The number of anilines is 2. The van der Waals surface area contributed by atoms with E-state index in [1.165, 1.54) is 12.1 Å². The van der Waals surface area contributed by atoms with Crippen LogP contribution in [0.1, 0.15) is 17.2 Å². The summed E-state index contributed by atoms with van der Waals surface area (Å²) in [5.74, 6) is 0. The number of alkyl halides is 3. The molecule has 172 valence electrons. The molecule has 0 saturated carbocycles. The summed E-state index contributed by atoms with van der Waals surface area (Å²) in [4.78, 5) is 4.10. The van der Waals surface area contributed by atoms with Gasteiger partial charge in [0.2, 0.25) is 13.8 Å². The fraction of sp³-hybridized carbons (Fsp3) is 0.304. The Hall–Kier alpha value is -1.70. The molecule has 3 rings (SSSR count). The highest BCUT2D eigenvalue weighted by Crippen LogP contribution is 2.45. The summed E-state index contributed by atoms with van der Waals surface area (Å²) < 4.78 is 27.0. The number of fused-ring (bicyclic) bond motifs is 1. The van der Waals surface area contributed by atoms with Crippen molar-refractivity contribution in [1.82, 2.24) is 4.72 Å². The Labute approximate surface area is 204 Å². The summed E-state index contributed by atoms with van der Waals surface area (Å²) in [5, 5.41) is 1.74. The van der Waals surface area contributed by atoms with Gasteiger partial charge in [0.1, 0.15) is 0 Å². The average molecular weight is 515 g/mol. The second-order valence-corrected chi connectivity index (χ2v) is 12.2. The van der Waals surface area contributed by atoms with Crippen molar-refractivity contribution in [2.45, 2.75) is 21.7 Å². The third-order valence-corrected chi connectivity index (χ3v) is 7.33. The van der Waals surface area contributed by atoms with E-state index in [1.54, 1.807) is 18.2 Å². The number of aryl methyl sites for hydroxylation is 1. The second-order valence-electron chi connectivity index (χ2n) is 8.07. The first-order valence-electron chi connectivity index (χ1n) is 9.89. The van der Waals surface area contributed by atoms with Crippen LogP contribution in [-0.2, 0) is 10.0 Å². The molecule has 3 aromatic rings. The largest absolute Gasteiger partial charge is 0.377 e. The van der Waals surface area contributed by atoms with E-state index in [0.717, 1.165) is 27.7 Å². The normalized spacial score (nSPS) is 13.2. The van der Waals surface area contributed by atoms with Gasteiger partial charge < -0.3 is 9.80 Å². The van der Waals surface area contributed by atoms with Crippen LogP contribution in [0, 0.1) is 6.92 Å². The summed E-state index contributed by atoms with van der Waals surface area (Å²) >= 11 is 19.0. The van der Waals surface area contributed by atoms with E-state index in [1.807, 2.05) is 69.2 Å². The van der Waals surface area contributed by atoms with Crippen LogP contribution in [0.15, 0.2) is 59.5 Å². The molecule has 0 spiro atoms. The molecule has 3 aromatic carbocycles. The highest BCUT2D eigenvalue weighted by molar-refractivity contribution is 7.89. The minimum absolute atomic E-state index is 0.102. The van der Waals surface area contributed by atoms with Gasteiger partial charge in [-0.3, -0.25) is 0 Å². The molecule has 0 radical (unpaired) electrons. The maximum atomic E-state index is 13.2. The fourth-order valence-corrected chi connectivity index (χ4v) is 5.59. The van der Waals surface area contributed by atoms with Gasteiger partial charge in [-0.15, -0.1) is 0 Å². The minimum atomic E-state index is -3.95. The number of sulfonamides is 1. The Morgan fingerprint density at radius 1 is 0.844 bits per heavy atom. The maximum Gasteiger partial charge on any atom is 0.241 e. The van der Waals surface area contributed by atoms with Crippen molar-refractivity contribution in [1.29, 1.82) is 0 Å². The molecule has 1 atom stereocenters. The number of halogens is 3. The lowest BCUT2D eigenvalue weighted by Gasteiger charge is -2.29. The van der Waals surface area contributed by atoms with Crippen molar-refractivity contribution >= 4 is 67.0 Å². The number of nitrogens with zero attached hydrogens (tertiary/aromatic N) is 2. The number of hydrogen-bond acceptors (Lipinski definition) is 4. The number of benzene rings is 3. The minimum Gasteiger partial charge on any atom is -0.377 e. The van der Waals surface area contributed by atoms with Crippen LogP contribution in [0.2, 0.25) is 0 Å². The van der Waals surface area contributed by atoms with E-state index in [9.17, 15) is 8.42 Å². The highest BCUT2D eigenvalue weighted by atomic mass is 35.6. The van der Waals surface area contributed by atoms with Crippen LogP contribution in [-0.4, -0.2) is 40.4 Å². The third-order valence-electron chi connectivity index (χ3n) is 5.24. The van der Waals surface area contributed by atoms with Crippen LogP contribution in [0.5, 0.6) is 0 Å². The molecule has 0 aliphatic carbocycles. The summed E-state index contributed by atoms with van der Waals surface area (Å²) in [5.41, 5.74) is 3.46. The lowest BCUT2D eigenvalue weighted by Crippen LogP contribution is -2.36. The standard InChI is InChI=1S/C23H26Cl3N3O2S/c1-15-9-11-16(12-10-15)32(30,31)27-22(23(24,25)26)18-13-14-20(29(4)5)21-17(18)7-6-8-19(21)28(2)3/h6-14,22,27H,1-5H3. The average Bonchev–Trinajstić information content (AvgIpc) is 2.70. The van der Waals surface area contributed by atoms with E-state index < -0.39 is 19.9 Å². The first-order valence-corrected chi connectivity index (χ1v) is 12.5. The lowest BCUT2D eigenvalue weighted by atomic mass is 9.96. The molecule has 1 N–H and O–H groups in total. The molecule has 1 unspecified atom stereocenters. The van der Waals surface area contributed by atoms with Crippen LogP contribution < -0.4 is 14.5 Å². The fourth-order valence-electron chi connectivity index (χ4n) is 3.64. The third kappa shape index (κ3) is 5.10. The van der Waals surface area contributed by atoms with Gasteiger partial charge in [0.05, 0.1) is 10.9 Å². The quantitative estimate of drug-likeness (QED) is 0.431. The number of rotatable bonds is 6. The molecule has 0 heterocycles. The summed E-state index contributed by atoms with van der Waals surface area (Å²) in [7, 11) is 3.85. The van der Waals surface area contributed by atoms with E-state index >= 15 is 0 Å². The van der Waals surface area contributed by atoms with E-state index in [0.29, 0.717) is 5.56 Å². The monoisotopic (exact) mass is 513 g/mol. The van der Waals surface area contributed by atoms with Gasteiger partial charge in [0.25, 0.3) is 0 Å². The van der Waals surface area contributed by atoms with Crippen molar-refractivity contribution in [3.63, 3.8) is 0 Å². The Balaban J connectivity index is 2.23. The number of nitrogens with one attached hydrogen (secondary N) is 1. The SMILES string of the molecule is Cc1ccc(S(=O)(=O)NC(c2ccc(N(C)C)c3c(N(C)C)cccc23)C(Cl)(Cl)Cl)cc1. The molecular formula is C23H26Cl3N3O2S. The van der Waals surface area contributed by atoms with E-state index in [4.69, 9.17) is 34.8 Å². The van der Waals surface area contributed by atoms with E-state index in [2.05, 4.69) is 4.72 Å². The molecule has 32 heavy (non-hydrogen) atoms. The first-order chi connectivity index (χ1) is 14.8. The Morgan fingerprint density at radius 2 is 1.41 bits per heavy atom. The Bertz CT molecular complexity index is 1210. The smallest absolute Gasteiger partial charge is 0.241 e. The molecule has 9 heteroatoms. The summed E-state index contributed by atoms with van der Waals surface area (Å²) in [6.45, 7) is 1.88. The Kier molecular flexibility index (Phi) is 7.23. The summed E-state index contributed by atoms with van der Waals surface area (Å²) in [6.07, 6.45) is 0. The highest BCUT2D eigenvalue weighted by Gasteiger charge is 2.38. The maximum absolute atomic E-state index is 13.2. The topological polar surface area (TPSA) is 52.7 Å². The van der Waals surface area contributed by atoms with Crippen LogP contribution in [0.3, 0.4) is 0 Å². The van der Waals surface area contributed by atoms with Crippen molar-refractivity contribution in [2.75, 3.05) is 38.0 Å². The van der Waals surface area contributed by atoms with Gasteiger partial charge in [0.15, 0.2) is 0 Å². The first kappa shape index (κ1) is 24.9. The molecule has 0 aromatic heterocycles. The molecule has 0 saturated heterocycles. The van der Waals surface area contributed by atoms with Gasteiger partial charge >= 0.3 is 0 Å². The molecule has 5 nitrogen and oxygen atoms in total. The van der Waals surface area contributed by atoms with E-state index in [-0.39, 0.29) is 4.90 Å². The molecule has 0 amide bonds. The summed E-state index contributed by atoms with van der Waals surface area (Å²) in [6, 6.07) is 14.9. The molecule has 0 aliphatic rings. The zero-order chi connectivity index (χ0) is 23.8. The van der Waals surface area contributed by atoms with Crippen molar-refractivity contribution in [2.24, 2.45) is 0 Å². The molecule has 0 bridgehead atoms. The van der Waals surface area contributed by atoms with Gasteiger partial charge in [-0.2, -0.15) is 4.72 Å². The van der Waals surface area contributed by atoms with Crippen molar-refractivity contribution < 1.29 is 8.42 Å². The Morgan fingerprint density at radius 3 is 1.94 bits per heavy atom. The zero-order valence-corrected chi connectivity index (χ0v) is 21.6. The van der Waals surface area contributed by atoms with Gasteiger partial charge in [-0.1, -0.05) is 70.7 Å². The van der Waals surface area contributed by atoms with Gasteiger partial charge in [-0.25, -0.2) is 8.42 Å². The van der Waals surface area contributed by atoms with Crippen LogP contribution >= 0.6 is 34.8 Å². The lowest BCUT2D eigenvalue weighted by molar-refractivity contribution is 0.559. The van der Waals surface area contributed by atoms with Crippen molar-refractivity contribution in [3.05, 3.63) is 65.7 Å². The van der Waals surface area contributed by atoms with Crippen molar-refractivity contribution in [3.8, 4) is 0 Å². The van der Waals surface area contributed by atoms with Gasteiger partial charge in [-0.05, 0) is 42.1 Å². The molecule has 0 aliphatic heterocycles. The van der Waals surface area contributed by atoms with Crippen LogP contribution in [0.25, 0.3) is 10.8 Å². The van der Waals surface area contributed by atoms with Crippen LogP contribution in [0.4, 0.5) is 11.4 Å². The zero-order valence-electron chi connectivity index (χ0n) is 18.5. The molecule has 0 fully saturated rings.